The van der Waals surface area contributed by atoms with Crippen LogP contribution in [0.4, 0.5) is 4.39 Å². The van der Waals surface area contributed by atoms with Crippen LogP contribution >= 0.6 is 0 Å². The lowest BCUT2D eigenvalue weighted by Gasteiger charge is -2.02. The summed E-state index contributed by atoms with van der Waals surface area (Å²) in [5.41, 5.74) is -0.138. The number of H-pyrrole nitrogens is 1. The second-order valence-electron chi connectivity index (χ2n) is 3.52. The first-order valence-corrected chi connectivity index (χ1v) is 4.82. The number of rotatable bonds is 0. The molecule has 1 N–H and O–H groups in total. The van der Waals surface area contributed by atoms with Gasteiger partial charge in [-0.05, 0) is 17.5 Å². The first-order chi connectivity index (χ1) is 7.77. The van der Waals surface area contributed by atoms with Crippen LogP contribution in [0.25, 0.3) is 21.7 Å². The zero-order chi connectivity index (χ0) is 11.1. The zero-order valence-electron chi connectivity index (χ0n) is 8.20. The van der Waals surface area contributed by atoms with E-state index in [0.717, 1.165) is 5.39 Å². The second-order valence-corrected chi connectivity index (χ2v) is 3.52. The molecule has 0 fully saturated rings. The molecule has 3 aromatic rings. The fourth-order valence-electron chi connectivity index (χ4n) is 1.88. The van der Waals surface area contributed by atoms with Crippen molar-refractivity contribution in [1.29, 1.82) is 0 Å². The number of hydrogen-bond donors (Lipinski definition) is 1. The summed E-state index contributed by atoms with van der Waals surface area (Å²) in [5, 5.41) is 1.96. The molecule has 1 aromatic carbocycles. The Hall–Kier alpha value is -2.23. The third-order valence-electron chi connectivity index (χ3n) is 2.61. The van der Waals surface area contributed by atoms with E-state index < -0.39 is 5.95 Å². The monoisotopic (exact) mass is 214 g/mol. The van der Waals surface area contributed by atoms with Gasteiger partial charge in [0, 0.05) is 17.0 Å². The van der Waals surface area contributed by atoms with Crippen LogP contribution in [0.1, 0.15) is 0 Å². The van der Waals surface area contributed by atoms with E-state index in [9.17, 15) is 9.18 Å². The summed E-state index contributed by atoms with van der Waals surface area (Å²) >= 11 is 0. The van der Waals surface area contributed by atoms with E-state index in [4.69, 9.17) is 0 Å². The van der Waals surface area contributed by atoms with Gasteiger partial charge < -0.3 is 4.98 Å². The summed E-state index contributed by atoms with van der Waals surface area (Å²) in [5.74, 6) is -0.652. The van der Waals surface area contributed by atoms with Crippen molar-refractivity contribution in [1.82, 2.24) is 9.97 Å². The third kappa shape index (κ3) is 1.13. The number of nitrogens with zero attached hydrogens (tertiary/aromatic N) is 1. The molecule has 0 bridgehead atoms. The molecule has 16 heavy (non-hydrogen) atoms. The first kappa shape index (κ1) is 9.03. The van der Waals surface area contributed by atoms with Gasteiger partial charge in [0.15, 0.2) is 0 Å². The largest absolute Gasteiger partial charge is 0.318 e. The van der Waals surface area contributed by atoms with Crippen molar-refractivity contribution in [3.8, 4) is 0 Å². The van der Waals surface area contributed by atoms with Gasteiger partial charge in [0.1, 0.15) is 5.52 Å². The number of fused-ring (bicyclic) bond motifs is 3. The molecule has 3 nitrogen and oxygen atoms in total. The van der Waals surface area contributed by atoms with Gasteiger partial charge in [-0.25, -0.2) is 4.98 Å². The quantitative estimate of drug-likeness (QED) is 0.460. The van der Waals surface area contributed by atoms with Crippen molar-refractivity contribution in [2.75, 3.05) is 0 Å². The van der Waals surface area contributed by atoms with Crippen LogP contribution in [0.5, 0.6) is 0 Å². The maximum atomic E-state index is 13.4. The van der Waals surface area contributed by atoms with Crippen LogP contribution in [0.3, 0.4) is 0 Å². The summed E-state index contributed by atoms with van der Waals surface area (Å²) in [4.78, 5) is 17.7. The molecule has 2 aromatic heterocycles. The summed E-state index contributed by atoms with van der Waals surface area (Å²) in [6.45, 7) is 0. The van der Waals surface area contributed by atoms with Crippen molar-refractivity contribution < 1.29 is 4.39 Å². The highest BCUT2D eigenvalue weighted by atomic mass is 19.1. The van der Waals surface area contributed by atoms with E-state index in [-0.39, 0.29) is 11.1 Å². The number of aromatic amines is 1. The summed E-state index contributed by atoms with van der Waals surface area (Å²) < 4.78 is 13.4. The van der Waals surface area contributed by atoms with Crippen LogP contribution in [-0.4, -0.2) is 9.97 Å². The minimum atomic E-state index is -0.652. The molecule has 0 atom stereocenters. The Labute approximate surface area is 89.6 Å². The molecule has 0 spiro atoms. The highest BCUT2D eigenvalue weighted by Gasteiger charge is 2.07. The molecule has 0 radical (unpaired) electrons. The fraction of sp³-hybridized carbons (Fsp3) is 0. The Morgan fingerprint density at radius 3 is 2.62 bits per heavy atom. The third-order valence-corrected chi connectivity index (χ3v) is 2.61. The lowest BCUT2D eigenvalue weighted by atomic mass is 10.1. The number of aromatic nitrogens is 2. The van der Waals surface area contributed by atoms with Crippen LogP contribution < -0.4 is 5.56 Å². The molecular formula is C12H7FN2O. The number of hydrogen-bond acceptors (Lipinski definition) is 2. The Kier molecular flexibility index (Phi) is 1.77. The second kappa shape index (κ2) is 3.13. The van der Waals surface area contributed by atoms with Crippen molar-refractivity contribution in [3.05, 3.63) is 52.8 Å². The van der Waals surface area contributed by atoms with Gasteiger partial charge in [0.25, 0.3) is 5.56 Å². The minimum Gasteiger partial charge on any atom is -0.318 e. The van der Waals surface area contributed by atoms with Crippen molar-refractivity contribution in [2.45, 2.75) is 0 Å². The minimum absolute atomic E-state index is 0.159. The van der Waals surface area contributed by atoms with Crippen molar-refractivity contribution in [3.63, 3.8) is 0 Å². The molecule has 78 valence electrons. The number of benzene rings is 1. The lowest BCUT2D eigenvalue weighted by molar-refractivity contribution is 0.593. The molecule has 0 unspecified atom stereocenters. The predicted molar refractivity (Wildman–Crippen MR) is 59.8 cm³/mol. The van der Waals surface area contributed by atoms with Gasteiger partial charge in [-0.3, -0.25) is 4.79 Å². The molecule has 0 aliphatic heterocycles. The summed E-state index contributed by atoms with van der Waals surface area (Å²) in [6.07, 6.45) is 1.39. The van der Waals surface area contributed by atoms with Gasteiger partial charge >= 0.3 is 0 Å². The molecule has 4 heteroatoms. The average Bonchev–Trinajstić information content (AvgIpc) is 2.31. The van der Waals surface area contributed by atoms with Gasteiger partial charge in [-0.2, -0.15) is 4.39 Å². The van der Waals surface area contributed by atoms with E-state index in [1.54, 1.807) is 24.3 Å². The molecule has 2 heterocycles. The molecule has 0 amide bonds. The van der Waals surface area contributed by atoms with Gasteiger partial charge in [0.05, 0.1) is 0 Å². The normalized spacial score (nSPS) is 11.1. The summed E-state index contributed by atoms with van der Waals surface area (Å²) in [6, 6.07) is 8.80. The Bertz CT molecular complexity index is 749. The Balaban J connectivity index is 2.70. The first-order valence-electron chi connectivity index (χ1n) is 4.82. The van der Waals surface area contributed by atoms with Crippen LogP contribution in [0.15, 0.2) is 41.3 Å². The number of pyridine rings is 2. The Morgan fingerprint density at radius 1 is 1.06 bits per heavy atom. The fourth-order valence-corrected chi connectivity index (χ4v) is 1.88. The molecule has 0 aliphatic carbocycles. The molecule has 0 saturated heterocycles. The molecular weight excluding hydrogens is 207 g/mol. The molecule has 3 rings (SSSR count). The van der Waals surface area contributed by atoms with Crippen LogP contribution in [0, 0.1) is 5.95 Å². The van der Waals surface area contributed by atoms with Crippen molar-refractivity contribution >= 4 is 21.7 Å². The van der Waals surface area contributed by atoms with E-state index in [0.29, 0.717) is 10.8 Å². The standard InChI is InChI=1S/C12H7FN2O/c13-11-10-8(5-6-14-11)7-3-1-2-4-9(7)12(16)15-10/h1-6H,(H,15,16). The van der Waals surface area contributed by atoms with E-state index in [1.165, 1.54) is 6.20 Å². The zero-order valence-corrected chi connectivity index (χ0v) is 8.20. The molecule has 0 saturated carbocycles. The van der Waals surface area contributed by atoms with Gasteiger partial charge in [0.2, 0.25) is 5.95 Å². The highest BCUT2D eigenvalue weighted by molar-refractivity contribution is 6.04. The van der Waals surface area contributed by atoms with Crippen LogP contribution in [-0.2, 0) is 0 Å². The van der Waals surface area contributed by atoms with E-state index in [2.05, 4.69) is 9.97 Å². The predicted octanol–water partition coefficient (Wildman–Crippen LogP) is 2.22. The Morgan fingerprint density at radius 2 is 1.81 bits per heavy atom. The average molecular weight is 214 g/mol. The smallest absolute Gasteiger partial charge is 0.256 e. The number of halogens is 1. The van der Waals surface area contributed by atoms with E-state index in [1.807, 2.05) is 6.07 Å². The molecule has 0 aliphatic rings. The van der Waals surface area contributed by atoms with Crippen molar-refractivity contribution in [2.24, 2.45) is 0 Å². The maximum absolute atomic E-state index is 13.4. The van der Waals surface area contributed by atoms with Gasteiger partial charge in [-0.1, -0.05) is 18.2 Å². The SMILES string of the molecule is O=c1[nH]c2c(F)nccc2c2ccccc12. The summed E-state index contributed by atoms with van der Waals surface area (Å²) in [7, 11) is 0. The number of nitrogens with one attached hydrogen (secondary N) is 1. The van der Waals surface area contributed by atoms with E-state index >= 15 is 0 Å². The van der Waals surface area contributed by atoms with Gasteiger partial charge in [-0.15, -0.1) is 0 Å². The maximum Gasteiger partial charge on any atom is 0.256 e. The van der Waals surface area contributed by atoms with Crippen LogP contribution in [0.2, 0.25) is 0 Å². The topological polar surface area (TPSA) is 45.8 Å². The highest BCUT2D eigenvalue weighted by Crippen LogP contribution is 2.21. The lowest BCUT2D eigenvalue weighted by Crippen LogP contribution is -2.07.